The van der Waals surface area contributed by atoms with E-state index in [1.807, 2.05) is 36.4 Å². The minimum atomic E-state index is -0.328. The number of carbonyl (C=O) groups excluding carboxylic acids is 2. The molecule has 0 aliphatic carbocycles. The fourth-order valence-electron chi connectivity index (χ4n) is 2.32. The van der Waals surface area contributed by atoms with Gasteiger partial charge >= 0.3 is 0 Å². The maximum Gasteiger partial charge on any atom is 0.271 e. The lowest BCUT2D eigenvalue weighted by Gasteiger charge is -2.07. The van der Waals surface area contributed by atoms with Crippen molar-refractivity contribution in [3.8, 4) is 0 Å². The number of halogens is 1. The summed E-state index contributed by atoms with van der Waals surface area (Å²) in [5, 5.41) is 6.74. The van der Waals surface area contributed by atoms with Gasteiger partial charge in [0.15, 0.2) is 0 Å². The second-order valence-electron chi connectivity index (χ2n) is 5.62. The number of carbonyl (C=O) groups is 2. The van der Waals surface area contributed by atoms with Crippen molar-refractivity contribution in [2.24, 2.45) is 5.10 Å². The average molecular weight is 422 g/mol. The van der Waals surface area contributed by atoms with Gasteiger partial charge in [0, 0.05) is 15.7 Å². The van der Waals surface area contributed by atoms with Gasteiger partial charge in [-0.25, -0.2) is 5.43 Å². The fraction of sp³-hybridized carbons (Fsp3) is 0. The standard InChI is InChI=1S/C21H16BrN3O2/c22-19-9-5-4-8-18(19)21(27)24-17-12-10-16(11-13-17)20(26)25-23-14-15-6-2-1-3-7-15/h1-14H,(H,24,27)(H,25,26). The molecule has 0 aliphatic heterocycles. The molecule has 134 valence electrons. The summed E-state index contributed by atoms with van der Waals surface area (Å²) in [6, 6.07) is 23.2. The molecule has 0 aliphatic rings. The molecule has 6 heteroatoms. The first-order valence-corrected chi connectivity index (χ1v) is 8.97. The molecule has 0 fully saturated rings. The van der Waals surface area contributed by atoms with E-state index in [0.717, 1.165) is 10.0 Å². The van der Waals surface area contributed by atoms with E-state index in [1.165, 1.54) is 0 Å². The molecule has 0 atom stereocenters. The lowest BCUT2D eigenvalue weighted by Crippen LogP contribution is -2.18. The highest BCUT2D eigenvalue weighted by molar-refractivity contribution is 9.10. The third-order valence-corrected chi connectivity index (χ3v) is 4.39. The fourth-order valence-corrected chi connectivity index (χ4v) is 2.78. The maximum absolute atomic E-state index is 12.3. The predicted molar refractivity (Wildman–Crippen MR) is 110 cm³/mol. The molecule has 0 aromatic heterocycles. The number of nitrogens with zero attached hydrogens (tertiary/aromatic N) is 1. The number of rotatable bonds is 5. The zero-order valence-corrected chi connectivity index (χ0v) is 15.8. The number of benzene rings is 3. The normalized spacial score (nSPS) is 10.6. The molecule has 2 amide bonds. The van der Waals surface area contributed by atoms with E-state index in [-0.39, 0.29) is 11.8 Å². The largest absolute Gasteiger partial charge is 0.322 e. The van der Waals surface area contributed by atoms with Gasteiger partial charge in [-0.3, -0.25) is 9.59 Å². The zero-order chi connectivity index (χ0) is 19.1. The molecule has 0 radical (unpaired) electrons. The van der Waals surface area contributed by atoms with Crippen molar-refractivity contribution in [1.29, 1.82) is 0 Å². The van der Waals surface area contributed by atoms with Crippen LogP contribution in [-0.4, -0.2) is 18.0 Å². The molecular formula is C21H16BrN3O2. The second-order valence-corrected chi connectivity index (χ2v) is 6.48. The van der Waals surface area contributed by atoms with E-state index in [9.17, 15) is 9.59 Å². The quantitative estimate of drug-likeness (QED) is 0.471. The molecule has 0 unspecified atom stereocenters. The van der Waals surface area contributed by atoms with Crippen molar-refractivity contribution in [3.05, 3.63) is 100 Å². The number of hydrogen-bond acceptors (Lipinski definition) is 3. The SMILES string of the molecule is O=C(NN=Cc1ccccc1)c1ccc(NC(=O)c2ccccc2Br)cc1. The van der Waals surface area contributed by atoms with Crippen LogP contribution in [0.3, 0.4) is 0 Å². The third kappa shape index (κ3) is 5.12. The van der Waals surface area contributed by atoms with E-state index in [4.69, 9.17) is 0 Å². The van der Waals surface area contributed by atoms with Crippen LogP contribution in [-0.2, 0) is 0 Å². The van der Waals surface area contributed by atoms with Gasteiger partial charge in [0.2, 0.25) is 0 Å². The molecule has 0 saturated heterocycles. The van der Waals surface area contributed by atoms with Crippen molar-refractivity contribution in [3.63, 3.8) is 0 Å². The van der Waals surface area contributed by atoms with E-state index in [2.05, 4.69) is 31.8 Å². The van der Waals surface area contributed by atoms with Crippen molar-refractivity contribution in [2.45, 2.75) is 0 Å². The van der Waals surface area contributed by atoms with Gasteiger partial charge in [0.05, 0.1) is 11.8 Å². The topological polar surface area (TPSA) is 70.6 Å². The number of nitrogens with one attached hydrogen (secondary N) is 2. The Morgan fingerprint density at radius 2 is 1.48 bits per heavy atom. The van der Waals surface area contributed by atoms with Gasteiger partial charge < -0.3 is 5.32 Å². The summed E-state index contributed by atoms with van der Waals surface area (Å²) < 4.78 is 0.717. The minimum absolute atomic E-state index is 0.230. The molecule has 0 heterocycles. The second kappa shape index (κ2) is 8.91. The first-order valence-electron chi connectivity index (χ1n) is 8.18. The Bertz CT molecular complexity index is 970. The average Bonchev–Trinajstić information content (AvgIpc) is 2.69. The summed E-state index contributed by atoms with van der Waals surface area (Å²) in [5.74, 6) is -0.557. The van der Waals surface area contributed by atoms with Crippen LogP contribution in [0.2, 0.25) is 0 Å². The zero-order valence-electron chi connectivity index (χ0n) is 14.2. The Morgan fingerprint density at radius 1 is 0.815 bits per heavy atom. The summed E-state index contributed by atoms with van der Waals surface area (Å²) in [6.07, 6.45) is 1.57. The Labute approximate surface area is 165 Å². The summed E-state index contributed by atoms with van der Waals surface area (Å²) in [6.45, 7) is 0. The van der Waals surface area contributed by atoms with Gasteiger partial charge in [0.1, 0.15) is 0 Å². The monoisotopic (exact) mass is 421 g/mol. The lowest BCUT2D eigenvalue weighted by atomic mass is 10.1. The van der Waals surface area contributed by atoms with Crippen LogP contribution >= 0.6 is 15.9 Å². The van der Waals surface area contributed by atoms with E-state index >= 15 is 0 Å². The molecule has 0 spiro atoms. The minimum Gasteiger partial charge on any atom is -0.322 e. The molecule has 3 rings (SSSR count). The van der Waals surface area contributed by atoms with Crippen LogP contribution in [0, 0.1) is 0 Å². The lowest BCUT2D eigenvalue weighted by molar-refractivity contribution is 0.0954. The number of amides is 2. The van der Waals surface area contributed by atoms with E-state index in [0.29, 0.717) is 16.8 Å². The van der Waals surface area contributed by atoms with Crippen molar-refractivity contribution in [2.75, 3.05) is 5.32 Å². The summed E-state index contributed by atoms with van der Waals surface area (Å²) >= 11 is 3.35. The summed E-state index contributed by atoms with van der Waals surface area (Å²) in [7, 11) is 0. The van der Waals surface area contributed by atoms with Crippen LogP contribution in [0.15, 0.2) is 88.4 Å². The third-order valence-electron chi connectivity index (χ3n) is 3.70. The first kappa shape index (κ1) is 18.5. The Balaban J connectivity index is 1.59. The highest BCUT2D eigenvalue weighted by atomic mass is 79.9. The molecule has 0 saturated carbocycles. The van der Waals surface area contributed by atoms with Crippen molar-refractivity contribution in [1.82, 2.24) is 5.43 Å². The number of anilines is 1. The maximum atomic E-state index is 12.3. The number of hydrazone groups is 1. The molecule has 0 bridgehead atoms. The molecule has 3 aromatic carbocycles. The van der Waals surface area contributed by atoms with Gasteiger partial charge in [0.25, 0.3) is 11.8 Å². The highest BCUT2D eigenvalue weighted by Crippen LogP contribution is 2.18. The van der Waals surface area contributed by atoms with Crippen LogP contribution in [0.25, 0.3) is 0 Å². The molecule has 3 aromatic rings. The Kier molecular flexibility index (Phi) is 6.12. The van der Waals surface area contributed by atoms with Crippen LogP contribution < -0.4 is 10.7 Å². The summed E-state index contributed by atoms with van der Waals surface area (Å²) in [4.78, 5) is 24.4. The van der Waals surface area contributed by atoms with Crippen LogP contribution in [0.1, 0.15) is 26.3 Å². The molecule has 2 N–H and O–H groups in total. The van der Waals surface area contributed by atoms with Gasteiger partial charge in [-0.15, -0.1) is 0 Å². The number of hydrogen-bond donors (Lipinski definition) is 2. The van der Waals surface area contributed by atoms with E-state index in [1.54, 1.807) is 48.7 Å². The van der Waals surface area contributed by atoms with Gasteiger partial charge in [-0.05, 0) is 57.9 Å². The Hall–Kier alpha value is -3.25. The predicted octanol–water partition coefficient (Wildman–Crippen LogP) is 4.47. The summed E-state index contributed by atoms with van der Waals surface area (Å²) in [5.41, 5.74) is 4.95. The van der Waals surface area contributed by atoms with Gasteiger partial charge in [-0.2, -0.15) is 5.10 Å². The molecular weight excluding hydrogens is 406 g/mol. The smallest absolute Gasteiger partial charge is 0.271 e. The first-order chi connectivity index (χ1) is 13.1. The van der Waals surface area contributed by atoms with Crippen molar-refractivity contribution >= 4 is 39.6 Å². The van der Waals surface area contributed by atoms with Crippen LogP contribution in [0.5, 0.6) is 0 Å². The molecule has 27 heavy (non-hydrogen) atoms. The van der Waals surface area contributed by atoms with Crippen molar-refractivity contribution < 1.29 is 9.59 Å². The Morgan fingerprint density at radius 3 is 2.19 bits per heavy atom. The molecule has 5 nitrogen and oxygen atoms in total. The van der Waals surface area contributed by atoms with Gasteiger partial charge in [-0.1, -0.05) is 42.5 Å². The van der Waals surface area contributed by atoms with E-state index < -0.39 is 0 Å². The van der Waals surface area contributed by atoms with Crippen LogP contribution in [0.4, 0.5) is 5.69 Å². The highest BCUT2D eigenvalue weighted by Gasteiger charge is 2.10.